The molecule has 2 aromatic rings. The molecule has 0 N–H and O–H groups in total. The van der Waals surface area contributed by atoms with E-state index in [1.165, 1.54) is 4.57 Å². The summed E-state index contributed by atoms with van der Waals surface area (Å²) >= 11 is 0. The van der Waals surface area contributed by atoms with Crippen molar-refractivity contribution in [3.05, 3.63) is 66.5 Å². The lowest BCUT2D eigenvalue weighted by Gasteiger charge is -2.23. The Morgan fingerprint density at radius 3 is 2.24 bits per heavy atom. The fraction of sp³-hybridized carbons (Fsp3) is 0.316. The first-order chi connectivity index (χ1) is 12.1. The number of benzene rings is 1. The molecule has 2 rings (SSSR count). The van der Waals surface area contributed by atoms with Gasteiger partial charge in [-0.25, -0.2) is 0 Å². The molecule has 1 aromatic carbocycles. The second kappa shape index (κ2) is 9.52. The highest BCUT2D eigenvalue weighted by atomic mass is 31.2. The topological polar surface area (TPSA) is 57.5 Å². The van der Waals surface area contributed by atoms with Crippen molar-refractivity contribution in [2.45, 2.75) is 25.9 Å². The van der Waals surface area contributed by atoms with Gasteiger partial charge in [-0.3, -0.25) is 13.9 Å². The van der Waals surface area contributed by atoms with Crippen LogP contribution >= 0.6 is 7.60 Å². The smallest absolute Gasteiger partial charge is 0.308 e. The Bertz CT molecular complexity index is 715. The predicted molar refractivity (Wildman–Crippen MR) is 99.8 cm³/mol. The molecule has 0 spiro atoms. The van der Waals surface area contributed by atoms with Gasteiger partial charge in [-0.15, -0.1) is 0 Å². The molecule has 0 aliphatic rings. The Balaban J connectivity index is 2.27. The SMILES string of the molecule is CCOP(=O)(OCC)[C@H](/C=C/c1ccccc1)CC(=O)n1cccc1. The number of carbonyl (C=O) groups excluding carboxylic acids is 1. The third-order valence-electron chi connectivity index (χ3n) is 3.61. The van der Waals surface area contributed by atoms with Gasteiger partial charge < -0.3 is 9.05 Å². The molecule has 6 heteroatoms. The molecule has 0 radical (unpaired) electrons. The fourth-order valence-corrected chi connectivity index (χ4v) is 4.30. The number of allylic oxidation sites excluding steroid dienone is 1. The van der Waals surface area contributed by atoms with E-state index in [0.29, 0.717) is 0 Å². The van der Waals surface area contributed by atoms with E-state index in [2.05, 4.69) is 0 Å². The Morgan fingerprint density at radius 1 is 1.08 bits per heavy atom. The monoisotopic (exact) mass is 361 g/mol. The number of carbonyl (C=O) groups is 1. The lowest BCUT2D eigenvalue weighted by atomic mass is 10.2. The van der Waals surface area contributed by atoms with Crippen LogP contribution in [0.5, 0.6) is 0 Å². The van der Waals surface area contributed by atoms with Crippen molar-refractivity contribution in [3.63, 3.8) is 0 Å². The fourth-order valence-electron chi connectivity index (χ4n) is 2.45. The zero-order valence-electron chi connectivity index (χ0n) is 14.6. The van der Waals surface area contributed by atoms with E-state index >= 15 is 0 Å². The van der Waals surface area contributed by atoms with Gasteiger partial charge >= 0.3 is 7.60 Å². The van der Waals surface area contributed by atoms with Crippen LogP contribution in [0.4, 0.5) is 0 Å². The molecular weight excluding hydrogens is 337 g/mol. The van der Waals surface area contributed by atoms with Crippen LogP contribution < -0.4 is 0 Å². The Kier molecular flexibility index (Phi) is 7.38. The second-order valence-corrected chi connectivity index (χ2v) is 7.66. The van der Waals surface area contributed by atoms with Crippen molar-refractivity contribution in [1.29, 1.82) is 0 Å². The maximum atomic E-state index is 13.2. The van der Waals surface area contributed by atoms with Crippen LogP contribution in [0, 0.1) is 0 Å². The van der Waals surface area contributed by atoms with Crippen LogP contribution in [-0.2, 0) is 13.6 Å². The molecule has 0 bridgehead atoms. The minimum absolute atomic E-state index is 0.0370. The molecule has 0 aliphatic heterocycles. The van der Waals surface area contributed by atoms with E-state index < -0.39 is 13.3 Å². The molecule has 1 heterocycles. The lowest BCUT2D eigenvalue weighted by molar-refractivity contribution is 0.0899. The third kappa shape index (κ3) is 5.53. The van der Waals surface area contributed by atoms with Gasteiger partial charge in [0.25, 0.3) is 0 Å². The van der Waals surface area contributed by atoms with E-state index in [-0.39, 0.29) is 25.5 Å². The average Bonchev–Trinajstić information content (AvgIpc) is 3.14. The Labute approximate surface area is 148 Å². The maximum absolute atomic E-state index is 13.2. The molecule has 0 unspecified atom stereocenters. The van der Waals surface area contributed by atoms with Gasteiger partial charge in [0.2, 0.25) is 5.91 Å². The van der Waals surface area contributed by atoms with E-state index in [1.54, 1.807) is 44.4 Å². The number of rotatable bonds is 9. The number of aromatic nitrogens is 1. The summed E-state index contributed by atoms with van der Waals surface area (Å²) in [6, 6.07) is 13.2. The highest BCUT2D eigenvalue weighted by Gasteiger charge is 2.35. The normalized spacial score (nSPS) is 13.2. The summed E-state index contributed by atoms with van der Waals surface area (Å²) in [6.45, 7) is 4.03. The predicted octanol–water partition coefficient (Wildman–Crippen LogP) is 4.87. The van der Waals surface area contributed by atoms with Crippen molar-refractivity contribution in [3.8, 4) is 0 Å². The van der Waals surface area contributed by atoms with E-state index in [1.807, 2.05) is 36.4 Å². The molecule has 0 fully saturated rings. The molecule has 134 valence electrons. The Morgan fingerprint density at radius 2 is 1.68 bits per heavy atom. The minimum atomic E-state index is -3.44. The zero-order chi connectivity index (χ0) is 18.1. The molecule has 1 aromatic heterocycles. The highest BCUT2D eigenvalue weighted by molar-refractivity contribution is 7.54. The summed E-state index contributed by atoms with van der Waals surface area (Å²) in [6.07, 6.45) is 6.98. The standard InChI is InChI=1S/C19H24NO4P/c1-3-23-25(22,24-4-2)18(13-12-17-10-6-5-7-11-17)16-19(21)20-14-8-9-15-20/h5-15,18H,3-4,16H2,1-2H3/b13-12+/t18-/m1/s1. The minimum Gasteiger partial charge on any atom is -0.308 e. The lowest BCUT2D eigenvalue weighted by Crippen LogP contribution is -2.19. The van der Waals surface area contributed by atoms with Crippen LogP contribution in [0.1, 0.15) is 30.6 Å². The first-order valence-corrected chi connectivity index (χ1v) is 9.98. The largest absolute Gasteiger partial charge is 0.337 e. The maximum Gasteiger partial charge on any atom is 0.337 e. The van der Waals surface area contributed by atoms with Gasteiger partial charge in [-0.2, -0.15) is 0 Å². The summed E-state index contributed by atoms with van der Waals surface area (Å²) in [5, 5.41) is 0. The molecule has 1 atom stereocenters. The van der Waals surface area contributed by atoms with Gasteiger partial charge in [-0.1, -0.05) is 42.5 Å². The van der Waals surface area contributed by atoms with Crippen molar-refractivity contribution < 1.29 is 18.4 Å². The number of hydrogen-bond acceptors (Lipinski definition) is 4. The van der Waals surface area contributed by atoms with Crippen LogP contribution in [0.25, 0.3) is 6.08 Å². The van der Waals surface area contributed by atoms with Crippen molar-refractivity contribution in [2.24, 2.45) is 0 Å². The van der Waals surface area contributed by atoms with Crippen molar-refractivity contribution in [1.82, 2.24) is 4.57 Å². The van der Waals surface area contributed by atoms with E-state index in [9.17, 15) is 9.36 Å². The van der Waals surface area contributed by atoms with Gasteiger partial charge in [0, 0.05) is 18.8 Å². The second-order valence-electron chi connectivity index (χ2n) is 5.40. The third-order valence-corrected chi connectivity index (χ3v) is 6.01. The zero-order valence-corrected chi connectivity index (χ0v) is 15.5. The summed E-state index contributed by atoms with van der Waals surface area (Å²) in [5.74, 6) is -0.160. The van der Waals surface area contributed by atoms with Crippen LogP contribution in [0.15, 0.2) is 60.9 Å². The van der Waals surface area contributed by atoms with Crippen molar-refractivity contribution in [2.75, 3.05) is 13.2 Å². The highest BCUT2D eigenvalue weighted by Crippen LogP contribution is 2.55. The summed E-state index contributed by atoms with van der Waals surface area (Å²) in [4.78, 5) is 12.5. The summed E-state index contributed by atoms with van der Waals surface area (Å²) in [5.41, 5.74) is 0.308. The summed E-state index contributed by atoms with van der Waals surface area (Å²) < 4.78 is 25.6. The van der Waals surface area contributed by atoms with E-state index in [4.69, 9.17) is 9.05 Å². The molecule has 5 nitrogen and oxygen atoms in total. The average molecular weight is 361 g/mol. The van der Waals surface area contributed by atoms with Gasteiger partial charge in [0.15, 0.2) is 0 Å². The van der Waals surface area contributed by atoms with Crippen LogP contribution in [-0.4, -0.2) is 29.3 Å². The first-order valence-electron chi connectivity index (χ1n) is 8.37. The molecule has 0 saturated heterocycles. The van der Waals surface area contributed by atoms with Gasteiger partial charge in [0.05, 0.1) is 18.9 Å². The molecule has 0 saturated carbocycles. The van der Waals surface area contributed by atoms with Crippen LogP contribution in [0.2, 0.25) is 0 Å². The Hall–Kier alpha value is -1.94. The van der Waals surface area contributed by atoms with Crippen molar-refractivity contribution >= 4 is 19.6 Å². The quantitative estimate of drug-likeness (QED) is 0.598. The van der Waals surface area contributed by atoms with Gasteiger partial charge in [-0.05, 0) is 31.5 Å². The first kappa shape index (κ1) is 19.4. The summed E-state index contributed by atoms with van der Waals surface area (Å²) in [7, 11) is -3.44. The number of hydrogen-bond donors (Lipinski definition) is 0. The van der Waals surface area contributed by atoms with Gasteiger partial charge in [0.1, 0.15) is 0 Å². The number of nitrogens with zero attached hydrogens (tertiary/aromatic N) is 1. The molecular formula is C19H24NO4P. The molecule has 0 amide bonds. The molecule has 25 heavy (non-hydrogen) atoms. The van der Waals surface area contributed by atoms with Crippen LogP contribution in [0.3, 0.4) is 0 Å². The van der Waals surface area contributed by atoms with E-state index in [0.717, 1.165) is 5.56 Å². The molecule has 0 aliphatic carbocycles.